The number of carbonyl (C=O) groups is 2. The molecule has 2 aromatic rings. The van der Waals surface area contributed by atoms with Crippen LogP contribution in [0, 0.1) is 5.92 Å². The monoisotopic (exact) mass is 260 g/mol. The van der Waals surface area contributed by atoms with Gasteiger partial charge in [0.05, 0.1) is 0 Å². The third-order valence-corrected chi connectivity index (χ3v) is 3.01. The van der Waals surface area contributed by atoms with Gasteiger partial charge in [-0.25, -0.2) is 0 Å². The molecule has 0 atom stereocenters. The zero-order chi connectivity index (χ0) is 14.0. The Morgan fingerprint density at radius 3 is 2.11 bits per heavy atom. The highest BCUT2D eigenvalue weighted by Gasteiger charge is 2.26. The maximum absolute atomic E-state index is 10.9. The Hall–Kier alpha value is -2.56. The molecule has 0 aromatic heterocycles. The van der Waals surface area contributed by atoms with Gasteiger partial charge in [0.2, 0.25) is 0 Å². The minimum Gasteiger partial charge on any atom is -0.507 e. The molecule has 0 aliphatic carbocycles. The fourth-order valence-corrected chi connectivity index (χ4v) is 2.02. The van der Waals surface area contributed by atoms with Crippen molar-refractivity contribution in [3.05, 3.63) is 42.0 Å². The highest BCUT2D eigenvalue weighted by molar-refractivity contribution is 5.95. The summed E-state index contributed by atoms with van der Waals surface area (Å²) < 4.78 is 0. The van der Waals surface area contributed by atoms with Crippen molar-refractivity contribution in [3.63, 3.8) is 0 Å². The number of fused-ring (bicyclic) bond motifs is 1. The van der Waals surface area contributed by atoms with E-state index in [0.29, 0.717) is 16.3 Å². The van der Waals surface area contributed by atoms with E-state index in [2.05, 4.69) is 0 Å². The summed E-state index contributed by atoms with van der Waals surface area (Å²) in [5.74, 6) is -4.15. The van der Waals surface area contributed by atoms with Gasteiger partial charge < -0.3 is 15.3 Å². The number of hydrogen-bond donors (Lipinski definition) is 3. The topological polar surface area (TPSA) is 94.8 Å². The van der Waals surface area contributed by atoms with E-state index in [0.717, 1.165) is 0 Å². The van der Waals surface area contributed by atoms with E-state index in [1.54, 1.807) is 30.3 Å². The number of carboxylic acids is 2. The maximum atomic E-state index is 10.9. The first kappa shape index (κ1) is 12.9. The molecule has 0 radical (unpaired) electrons. The van der Waals surface area contributed by atoms with Gasteiger partial charge in [0, 0.05) is 5.39 Å². The molecule has 0 aliphatic heterocycles. The lowest BCUT2D eigenvalue weighted by molar-refractivity contribution is -0.154. The second-order valence-corrected chi connectivity index (χ2v) is 4.22. The smallest absolute Gasteiger partial charge is 0.318 e. The van der Waals surface area contributed by atoms with E-state index in [9.17, 15) is 14.7 Å². The van der Waals surface area contributed by atoms with Crippen LogP contribution in [-0.2, 0) is 16.0 Å². The molecule has 0 fully saturated rings. The van der Waals surface area contributed by atoms with Crippen molar-refractivity contribution >= 4 is 22.7 Å². The molecule has 0 unspecified atom stereocenters. The number of rotatable bonds is 4. The molecule has 0 heterocycles. The van der Waals surface area contributed by atoms with E-state index in [-0.39, 0.29) is 12.2 Å². The first-order valence-electron chi connectivity index (χ1n) is 5.66. The van der Waals surface area contributed by atoms with Crippen LogP contribution in [-0.4, -0.2) is 27.3 Å². The van der Waals surface area contributed by atoms with Crippen LogP contribution in [0.3, 0.4) is 0 Å². The van der Waals surface area contributed by atoms with E-state index >= 15 is 0 Å². The summed E-state index contributed by atoms with van der Waals surface area (Å²) in [7, 11) is 0. The van der Waals surface area contributed by atoms with Crippen LogP contribution in [0.1, 0.15) is 5.56 Å². The maximum Gasteiger partial charge on any atom is 0.318 e. The normalized spacial score (nSPS) is 10.8. The number of phenolic OH excluding ortho intramolecular Hbond substituents is 1. The van der Waals surface area contributed by atoms with Crippen LogP contribution in [0.15, 0.2) is 36.4 Å². The quantitative estimate of drug-likeness (QED) is 0.729. The van der Waals surface area contributed by atoms with Crippen LogP contribution in [0.25, 0.3) is 10.8 Å². The number of carboxylic acid groups (broad SMARTS) is 2. The molecule has 5 heteroatoms. The number of aromatic hydroxyl groups is 1. The zero-order valence-electron chi connectivity index (χ0n) is 9.91. The average Bonchev–Trinajstić information content (AvgIpc) is 2.37. The van der Waals surface area contributed by atoms with Crippen LogP contribution in [0.5, 0.6) is 5.75 Å². The summed E-state index contributed by atoms with van der Waals surface area (Å²) in [5.41, 5.74) is 0.586. The van der Waals surface area contributed by atoms with E-state index < -0.39 is 17.9 Å². The number of benzene rings is 2. The van der Waals surface area contributed by atoms with Gasteiger partial charge in [-0.2, -0.15) is 0 Å². The molecular formula is C14H12O5. The standard InChI is InChI=1S/C14H12O5/c15-12-6-5-8(7-11(13(16)17)14(18)19)9-3-1-2-4-10(9)12/h1-6,11,15H,7H2,(H,16,17)(H,18,19). The van der Waals surface area contributed by atoms with Crippen molar-refractivity contribution in [2.75, 3.05) is 0 Å². The summed E-state index contributed by atoms with van der Waals surface area (Å²) in [5, 5.41) is 28.8. The minimum absolute atomic E-state index is 0.0848. The molecule has 3 N–H and O–H groups in total. The van der Waals surface area contributed by atoms with Gasteiger partial charge in [-0.15, -0.1) is 0 Å². The Balaban J connectivity index is 2.49. The molecule has 19 heavy (non-hydrogen) atoms. The van der Waals surface area contributed by atoms with Crippen molar-refractivity contribution in [3.8, 4) is 5.75 Å². The largest absolute Gasteiger partial charge is 0.507 e. The van der Waals surface area contributed by atoms with E-state index in [1.165, 1.54) is 6.07 Å². The number of phenols is 1. The highest BCUT2D eigenvalue weighted by atomic mass is 16.4. The molecule has 2 rings (SSSR count). The summed E-state index contributed by atoms with van der Waals surface area (Å²) >= 11 is 0. The molecule has 0 aliphatic rings. The average molecular weight is 260 g/mol. The SMILES string of the molecule is O=C(O)C(Cc1ccc(O)c2ccccc12)C(=O)O. The third-order valence-electron chi connectivity index (χ3n) is 3.01. The molecule has 98 valence electrons. The van der Waals surface area contributed by atoms with E-state index in [4.69, 9.17) is 10.2 Å². The van der Waals surface area contributed by atoms with Crippen molar-refractivity contribution < 1.29 is 24.9 Å². The lowest BCUT2D eigenvalue weighted by Gasteiger charge is -2.11. The van der Waals surface area contributed by atoms with Gasteiger partial charge in [0.15, 0.2) is 5.92 Å². The Labute approximate surface area is 108 Å². The second kappa shape index (κ2) is 4.97. The molecule has 0 spiro atoms. The lowest BCUT2D eigenvalue weighted by Crippen LogP contribution is -2.25. The van der Waals surface area contributed by atoms with Crippen molar-refractivity contribution in [2.24, 2.45) is 5.92 Å². The van der Waals surface area contributed by atoms with Gasteiger partial charge in [0.1, 0.15) is 5.75 Å². The summed E-state index contributed by atoms with van der Waals surface area (Å²) in [6, 6.07) is 9.92. The number of aliphatic carboxylic acids is 2. The first-order chi connectivity index (χ1) is 9.00. The molecule has 0 saturated carbocycles. The second-order valence-electron chi connectivity index (χ2n) is 4.22. The zero-order valence-corrected chi connectivity index (χ0v) is 9.91. The highest BCUT2D eigenvalue weighted by Crippen LogP contribution is 2.28. The van der Waals surface area contributed by atoms with Crippen LogP contribution >= 0.6 is 0 Å². The summed E-state index contributed by atoms with van der Waals surface area (Å²) in [6.45, 7) is 0. The Morgan fingerprint density at radius 1 is 0.947 bits per heavy atom. The summed E-state index contributed by atoms with van der Waals surface area (Å²) in [6.07, 6.45) is -0.120. The van der Waals surface area contributed by atoms with Gasteiger partial charge in [-0.1, -0.05) is 30.3 Å². The van der Waals surface area contributed by atoms with E-state index in [1.807, 2.05) is 0 Å². The fourth-order valence-electron chi connectivity index (χ4n) is 2.02. The molecule has 0 saturated heterocycles. The van der Waals surface area contributed by atoms with Crippen LogP contribution in [0.4, 0.5) is 0 Å². The van der Waals surface area contributed by atoms with Crippen molar-refractivity contribution in [1.82, 2.24) is 0 Å². The first-order valence-corrected chi connectivity index (χ1v) is 5.66. The Kier molecular flexibility index (Phi) is 3.37. The molecule has 0 amide bonds. The Morgan fingerprint density at radius 2 is 1.53 bits per heavy atom. The predicted octanol–water partition coefficient (Wildman–Crippen LogP) is 1.87. The van der Waals surface area contributed by atoms with Gasteiger partial charge in [0.25, 0.3) is 0 Å². The molecular weight excluding hydrogens is 248 g/mol. The molecule has 5 nitrogen and oxygen atoms in total. The lowest BCUT2D eigenvalue weighted by atomic mass is 9.94. The van der Waals surface area contributed by atoms with Gasteiger partial charge in [-0.3, -0.25) is 9.59 Å². The number of hydrogen-bond acceptors (Lipinski definition) is 3. The van der Waals surface area contributed by atoms with Gasteiger partial charge in [-0.05, 0) is 23.4 Å². The molecule has 0 bridgehead atoms. The summed E-state index contributed by atoms with van der Waals surface area (Å²) in [4.78, 5) is 21.8. The van der Waals surface area contributed by atoms with Crippen molar-refractivity contribution in [1.29, 1.82) is 0 Å². The van der Waals surface area contributed by atoms with Crippen molar-refractivity contribution in [2.45, 2.75) is 6.42 Å². The van der Waals surface area contributed by atoms with Crippen LogP contribution < -0.4 is 0 Å². The minimum atomic E-state index is -1.49. The van der Waals surface area contributed by atoms with Crippen LogP contribution in [0.2, 0.25) is 0 Å². The predicted molar refractivity (Wildman–Crippen MR) is 68.1 cm³/mol. The fraction of sp³-hybridized carbons (Fsp3) is 0.143. The third kappa shape index (κ3) is 2.49. The van der Waals surface area contributed by atoms with Gasteiger partial charge >= 0.3 is 11.9 Å². The molecule has 2 aromatic carbocycles. The Bertz CT molecular complexity index is 633.